The summed E-state index contributed by atoms with van der Waals surface area (Å²) in [7, 11) is 0. The minimum Gasteiger partial charge on any atom is -0.311 e. The highest BCUT2D eigenvalue weighted by atomic mass is 15.0. The summed E-state index contributed by atoms with van der Waals surface area (Å²) in [5, 5.41) is 3.68. The second kappa shape index (κ2) is 2.78. The van der Waals surface area contributed by atoms with E-state index < -0.39 is 0 Å². The predicted molar refractivity (Wildman–Crippen MR) is 47.5 cm³/mol. The average molecular weight is 153 g/mol. The lowest BCUT2D eigenvalue weighted by Crippen LogP contribution is -2.39. The van der Waals surface area contributed by atoms with Gasteiger partial charge in [0.2, 0.25) is 0 Å². The molecule has 0 aromatic rings. The topological polar surface area (TPSA) is 12.0 Å². The van der Waals surface area contributed by atoms with Gasteiger partial charge in [0, 0.05) is 12.1 Å². The number of rotatable bonds is 1. The van der Waals surface area contributed by atoms with Gasteiger partial charge >= 0.3 is 0 Å². The Morgan fingerprint density at radius 2 is 1.64 bits per heavy atom. The lowest BCUT2D eigenvalue weighted by molar-refractivity contribution is 0.240. The Morgan fingerprint density at radius 3 is 2.09 bits per heavy atom. The van der Waals surface area contributed by atoms with E-state index in [1.807, 2.05) is 0 Å². The third-order valence-electron chi connectivity index (χ3n) is 3.45. The molecule has 2 fully saturated rings. The molecule has 0 aliphatic carbocycles. The number of hydrogen-bond acceptors (Lipinski definition) is 1. The van der Waals surface area contributed by atoms with Crippen molar-refractivity contribution in [3.63, 3.8) is 0 Å². The molecule has 0 aromatic carbocycles. The summed E-state index contributed by atoms with van der Waals surface area (Å²) in [6, 6.07) is 1.75. The highest BCUT2D eigenvalue weighted by Crippen LogP contribution is 2.34. The summed E-state index contributed by atoms with van der Waals surface area (Å²) in [5.41, 5.74) is 0. The quantitative estimate of drug-likeness (QED) is 0.609. The van der Waals surface area contributed by atoms with Crippen molar-refractivity contribution in [1.29, 1.82) is 0 Å². The zero-order chi connectivity index (χ0) is 7.84. The van der Waals surface area contributed by atoms with Gasteiger partial charge in [-0.3, -0.25) is 0 Å². The highest BCUT2D eigenvalue weighted by Gasteiger charge is 2.34. The van der Waals surface area contributed by atoms with Crippen LogP contribution in [0, 0.1) is 11.8 Å². The molecule has 3 atom stereocenters. The van der Waals surface area contributed by atoms with Crippen molar-refractivity contribution in [1.82, 2.24) is 5.32 Å². The summed E-state index contributed by atoms with van der Waals surface area (Å²) in [4.78, 5) is 0. The third-order valence-corrected chi connectivity index (χ3v) is 3.45. The second-order valence-electron chi connectivity index (χ2n) is 4.61. The molecular weight excluding hydrogens is 134 g/mol. The van der Waals surface area contributed by atoms with E-state index in [4.69, 9.17) is 0 Å². The minimum atomic E-state index is 0.876. The van der Waals surface area contributed by atoms with E-state index in [9.17, 15) is 0 Å². The maximum absolute atomic E-state index is 3.68. The molecule has 1 N–H and O–H groups in total. The molecule has 0 spiro atoms. The standard InChI is InChI=1S/C10H19N/c1-7(2)8-5-9-3-4-10(6-8)11-9/h7-11H,3-6H2,1-2H3/t8-,9-,10+. The van der Waals surface area contributed by atoms with Crippen LogP contribution in [0.4, 0.5) is 0 Å². The van der Waals surface area contributed by atoms with Gasteiger partial charge in [0.1, 0.15) is 0 Å². The Hall–Kier alpha value is -0.0400. The Bertz CT molecular complexity index is 130. The Kier molecular flexibility index (Phi) is 1.92. The fourth-order valence-corrected chi connectivity index (χ4v) is 2.65. The van der Waals surface area contributed by atoms with Crippen LogP contribution in [0.2, 0.25) is 0 Å². The third kappa shape index (κ3) is 1.44. The Morgan fingerprint density at radius 1 is 1.09 bits per heavy atom. The largest absolute Gasteiger partial charge is 0.311 e. The molecule has 2 heterocycles. The molecule has 2 aliphatic heterocycles. The highest BCUT2D eigenvalue weighted by molar-refractivity contribution is 4.92. The molecule has 0 saturated carbocycles. The fourth-order valence-electron chi connectivity index (χ4n) is 2.65. The SMILES string of the molecule is CC(C)[C@@H]1C[C@H]2CC[C@@H](C1)N2. The molecule has 0 amide bonds. The predicted octanol–water partition coefficient (Wildman–Crippen LogP) is 2.17. The van der Waals surface area contributed by atoms with Crippen LogP contribution >= 0.6 is 0 Å². The molecule has 2 rings (SSSR count). The van der Waals surface area contributed by atoms with Crippen LogP contribution in [0.15, 0.2) is 0 Å². The van der Waals surface area contributed by atoms with Gasteiger partial charge in [0.15, 0.2) is 0 Å². The van der Waals surface area contributed by atoms with Crippen molar-refractivity contribution >= 4 is 0 Å². The van der Waals surface area contributed by atoms with Gasteiger partial charge in [-0.25, -0.2) is 0 Å². The first-order valence-electron chi connectivity index (χ1n) is 5.01. The van der Waals surface area contributed by atoms with Crippen LogP contribution in [-0.4, -0.2) is 12.1 Å². The van der Waals surface area contributed by atoms with Crippen LogP contribution in [-0.2, 0) is 0 Å². The van der Waals surface area contributed by atoms with Crippen LogP contribution in [0.3, 0.4) is 0 Å². The van der Waals surface area contributed by atoms with Gasteiger partial charge in [-0.15, -0.1) is 0 Å². The van der Waals surface area contributed by atoms with Crippen LogP contribution in [0.25, 0.3) is 0 Å². The Balaban J connectivity index is 1.97. The normalized spacial score (nSPS) is 43.4. The van der Waals surface area contributed by atoms with Crippen molar-refractivity contribution in [2.45, 2.75) is 51.6 Å². The van der Waals surface area contributed by atoms with E-state index in [0.717, 1.165) is 23.9 Å². The Labute approximate surface area is 69.6 Å². The summed E-state index contributed by atoms with van der Waals surface area (Å²) >= 11 is 0. The van der Waals surface area contributed by atoms with Gasteiger partial charge in [-0.2, -0.15) is 0 Å². The van der Waals surface area contributed by atoms with Gasteiger partial charge in [0.25, 0.3) is 0 Å². The van der Waals surface area contributed by atoms with Crippen LogP contribution < -0.4 is 5.32 Å². The van der Waals surface area contributed by atoms with Crippen molar-refractivity contribution in [2.24, 2.45) is 11.8 Å². The lowest BCUT2D eigenvalue weighted by atomic mass is 9.84. The van der Waals surface area contributed by atoms with Gasteiger partial charge in [-0.05, 0) is 37.5 Å². The van der Waals surface area contributed by atoms with Gasteiger partial charge in [0.05, 0.1) is 0 Å². The molecule has 0 aromatic heterocycles. The molecule has 2 bridgehead atoms. The maximum Gasteiger partial charge on any atom is 0.00729 e. The average Bonchev–Trinajstić information content (AvgIpc) is 2.30. The molecular formula is C10H19N. The number of piperidine rings is 1. The molecule has 11 heavy (non-hydrogen) atoms. The second-order valence-corrected chi connectivity index (χ2v) is 4.61. The first kappa shape index (κ1) is 7.60. The minimum absolute atomic E-state index is 0.876. The van der Waals surface area contributed by atoms with E-state index in [0.29, 0.717) is 0 Å². The first-order chi connectivity index (χ1) is 5.25. The molecule has 0 radical (unpaired) electrons. The molecule has 64 valence electrons. The lowest BCUT2D eigenvalue weighted by Gasteiger charge is -2.31. The summed E-state index contributed by atoms with van der Waals surface area (Å²) in [6.07, 6.45) is 5.75. The van der Waals surface area contributed by atoms with Crippen molar-refractivity contribution in [3.05, 3.63) is 0 Å². The summed E-state index contributed by atoms with van der Waals surface area (Å²) < 4.78 is 0. The smallest absolute Gasteiger partial charge is 0.00729 e. The first-order valence-corrected chi connectivity index (χ1v) is 5.01. The van der Waals surface area contributed by atoms with Crippen molar-refractivity contribution in [2.75, 3.05) is 0 Å². The van der Waals surface area contributed by atoms with Crippen LogP contribution in [0.5, 0.6) is 0 Å². The number of fused-ring (bicyclic) bond motifs is 2. The van der Waals surface area contributed by atoms with Crippen molar-refractivity contribution < 1.29 is 0 Å². The number of hydrogen-bond donors (Lipinski definition) is 1. The van der Waals surface area contributed by atoms with E-state index in [1.165, 1.54) is 25.7 Å². The molecule has 1 nitrogen and oxygen atoms in total. The monoisotopic (exact) mass is 153 g/mol. The number of nitrogens with one attached hydrogen (secondary N) is 1. The molecule has 1 heteroatoms. The summed E-state index contributed by atoms with van der Waals surface area (Å²) in [5.74, 6) is 1.91. The van der Waals surface area contributed by atoms with E-state index in [2.05, 4.69) is 19.2 Å². The molecule has 0 unspecified atom stereocenters. The van der Waals surface area contributed by atoms with E-state index in [1.54, 1.807) is 0 Å². The van der Waals surface area contributed by atoms with E-state index in [-0.39, 0.29) is 0 Å². The fraction of sp³-hybridized carbons (Fsp3) is 1.00. The summed E-state index contributed by atoms with van der Waals surface area (Å²) in [6.45, 7) is 4.74. The van der Waals surface area contributed by atoms with Gasteiger partial charge < -0.3 is 5.32 Å². The molecule has 2 aliphatic rings. The maximum atomic E-state index is 3.68. The van der Waals surface area contributed by atoms with Crippen LogP contribution in [0.1, 0.15) is 39.5 Å². The zero-order valence-corrected chi connectivity index (χ0v) is 7.64. The van der Waals surface area contributed by atoms with Gasteiger partial charge in [-0.1, -0.05) is 13.8 Å². The molecule has 2 saturated heterocycles. The zero-order valence-electron chi connectivity index (χ0n) is 7.64. The van der Waals surface area contributed by atoms with E-state index >= 15 is 0 Å². The van der Waals surface area contributed by atoms with Crippen molar-refractivity contribution in [3.8, 4) is 0 Å².